The fourth-order valence-corrected chi connectivity index (χ4v) is 1.08. The third kappa shape index (κ3) is 2.18. The van der Waals surface area contributed by atoms with Gasteiger partial charge in [0.15, 0.2) is 0 Å². The Morgan fingerprint density at radius 3 is 2.69 bits per heavy atom. The summed E-state index contributed by atoms with van der Waals surface area (Å²) in [7, 11) is 1.41. The van der Waals surface area contributed by atoms with Crippen molar-refractivity contribution in [2.45, 2.75) is 5.63 Å². The summed E-state index contributed by atoms with van der Waals surface area (Å²) in [4.78, 5) is 11.1. The lowest BCUT2D eigenvalue weighted by atomic mass is 10.1. The first kappa shape index (κ1) is 9.99. The number of para-hydroxylation sites is 1. The molecular weight excluding hydrogens is 195 g/mol. The SMILES string of the molecule is COc1ccccc1C(=O)C(F)Cl. The summed E-state index contributed by atoms with van der Waals surface area (Å²) in [5.74, 6) is -0.449. The van der Waals surface area contributed by atoms with Gasteiger partial charge in [0.25, 0.3) is 0 Å². The molecule has 0 saturated heterocycles. The summed E-state index contributed by atoms with van der Waals surface area (Å²) in [6.45, 7) is 0. The molecule has 1 aromatic carbocycles. The zero-order valence-electron chi connectivity index (χ0n) is 6.96. The van der Waals surface area contributed by atoms with Gasteiger partial charge in [0.05, 0.1) is 12.7 Å². The van der Waals surface area contributed by atoms with E-state index in [-0.39, 0.29) is 5.56 Å². The number of carbonyl (C=O) groups excluding carboxylic acids is 1. The van der Waals surface area contributed by atoms with Crippen LogP contribution in [0.2, 0.25) is 0 Å². The molecule has 1 atom stereocenters. The predicted molar refractivity (Wildman–Crippen MR) is 48.1 cm³/mol. The minimum atomic E-state index is -2.02. The Labute approximate surface area is 80.3 Å². The molecule has 0 aromatic heterocycles. The number of halogens is 2. The van der Waals surface area contributed by atoms with Crippen molar-refractivity contribution in [3.05, 3.63) is 29.8 Å². The van der Waals surface area contributed by atoms with E-state index in [2.05, 4.69) is 0 Å². The van der Waals surface area contributed by atoms with Crippen molar-refractivity contribution in [1.82, 2.24) is 0 Å². The second kappa shape index (κ2) is 4.23. The van der Waals surface area contributed by atoms with Crippen LogP contribution < -0.4 is 4.74 Å². The van der Waals surface area contributed by atoms with Gasteiger partial charge in [-0.1, -0.05) is 23.7 Å². The molecule has 0 bridgehead atoms. The van der Waals surface area contributed by atoms with Gasteiger partial charge in [-0.3, -0.25) is 4.79 Å². The van der Waals surface area contributed by atoms with Crippen LogP contribution in [0.1, 0.15) is 10.4 Å². The zero-order valence-corrected chi connectivity index (χ0v) is 7.72. The Hall–Kier alpha value is -1.09. The van der Waals surface area contributed by atoms with E-state index in [4.69, 9.17) is 16.3 Å². The lowest BCUT2D eigenvalue weighted by Gasteiger charge is -2.06. The number of carbonyl (C=O) groups is 1. The van der Waals surface area contributed by atoms with E-state index in [1.54, 1.807) is 18.2 Å². The number of benzene rings is 1. The molecular formula is C9H8ClFO2. The first-order valence-electron chi connectivity index (χ1n) is 3.62. The van der Waals surface area contributed by atoms with Crippen LogP contribution in [0.5, 0.6) is 5.75 Å². The van der Waals surface area contributed by atoms with Crippen LogP contribution >= 0.6 is 11.6 Å². The summed E-state index contributed by atoms with van der Waals surface area (Å²) in [5, 5.41) is 0. The normalized spacial score (nSPS) is 12.2. The van der Waals surface area contributed by atoms with E-state index < -0.39 is 11.4 Å². The van der Waals surface area contributed by atoms with Crippen LogP contribution in [0.25, 0.3) is 0 Å². The van der Waals surface area contributed by atoms with Gasteiger partial charge in [-0.2, -0.15) is 0 Å². The fourth-order valence-electron chi connectivity index (χ4n) is 0.966. The summed E-state index contributed by atoms with van der Waals surface area (Å²) in [5.41, 5.74) is -1.86. The van der Waals surface area contributed by atoms with Crippen molar-refractivity contribution in [2.75, 3.05) is 7.11 Å². The van der Waals surface area contributed by atoms with Gasteiger partial charge in [-0.05, 0) is 12.1 Å². The number of hydrogen-bond acceptors (Lipinski definition) is 2. The molecule has 70 valence electrons. The third-order valence-corrected chi connectivity index (χ3v) is 1.77. The number of ketones is 1. The molecule has 0 radical (unpaired) electrons. The van der Waals surface area contributed by atoms with Gasteiger partial charge in [-0.15, -0.1) is 0 Å². The minimum absolute atomic E-state index is 0.160. The van der Waals surface area contributed by atoms with Crippen molar-refractivity contribution in [3.63, 3.8) is 0 Å². The maximum atomic E-state index is 12.5. The Morgan fingerprint density at radius 1 is 1.54 bits per heavy atom. The maximum absolute atomic E-state index is 12.5. The molecule has 13 heavy (non-hydrogen) atoms. The Balaban J connectivity index is 3.06. The zero-order chi connectivity index (χ0) is 9.84. The molecule has 4 heteroatoms. The number of methoxy groups -OCH3 is 1. The molecule has 0 heterocycles. The molecule has 0 aliphatic carbocycles. The largest absolute Gasteiger partial charge is 0.496 e. The highest BCUT2D eigenvalue weighted by Crippen LogP contribution is 2.20. The minimum Gasteiger partial charge on any atom is -0.496 e. The molecule has 2 nitrogen and oxygen atoms in total. The molecule has 0 aliphatic heterocycles. The Kier molecular flexibility index (Phi) is 3.25. The van der Waals surface area contributed by atoms with Crippen molar-refractivity contribution in [1.29, 1.82) is 0 Å². The lowest BCUT2D eigenvalue weighted by Crippen LogP contribution is -2.10. The summed E-state index contributed by atoms with van der Waals surface area (Å²) < 4.78 is 17.3. The molecule has 1 rings (SSSR count). The Morgan fingerprint density at radius 2 is 2.15 bits per heavy atom. The molecule has 0 aliphatic rings. The molecule has 1 aromatic rings. The number of Topliss-reactive ketones (excluding diaryl/α,β-unsaturated/α-hetero) is 1. The lowest BCUT2D eigenvalue weighted by molar-refractivity contribution is 0.0931. The monoisotopic (exact) mass is 202 g/mol. The Bertz CT molecular complexity index is 312. The standard InChI is InChI=1S/C9H8ClFO2/c1-13-7-5-3-2-4-6(7)8(12)9(10)11/h2-5,9H,1H3. The molecule has 0 saturated carbocycles. The van der Waals surface area contributed by atoms with Crippen molar-refractivity contribution >= 4 is 17.4 Å². The van der Waals surface area contributed by atoms with E-state index in [9.17, 15) is 9.18 Å². The molecule has 0 N–H and O–H groups in total. The first-order chi connectivity index (χ1) is 6.16. The van der Waals surface area contributed by atoms with Crippen LogP contribution in [0.15, 0.2) is 24.3 Å². The first-order valence-corrected chi connectivity index (χ1v) is 4.06. The molecule has 0 amide bonds. The summed E-state index contributed by atoms with van der Waals surface area (Å²) in [6.07, 6.45) is 0. The van der Waals surface area contributed by atoms with E-state index >= 15 is 0 Å². The third-order valence-electron chi connectivity index (χ3n) is 1.57. The average Bonchev–Trinajstić information content (AvgIpc) is 2.16. The summed E-state index contributed by atoms with van der Waals surface area (Å²) >= 11 is 5.02. The van der Waals surface area contributed by atoms with Crippen LogP contribution in [0.3, 0.4) is 0 Å². The number of alkyl halides is 2. The van der Waals surface area contributed by atoms with Gasteiger partial charge in [0.2, 0.25) is 11.4 Å². The quantitative estimate of drug-likeness (QED) is 0.556. The number of ether oxygens (including phenoxy) is 1. The highest BCUT2D eigenvalue weighted by atomic mass is 35.5. The van der Waals surface area contributed by atoms with Gasteiger partial charge in [-0.25, -0.2) is 4.39 Å². The summed E-state index contributed by atoms with van der Waals surface area (Å²) in [6, 6.07) is 6.36. The van der Waals surface area contributed by atoms with Gasteiger partial charge >= 0.3 is 0 Å². The van der Waals surface area contributed by atoms with Gasteiger partial charge in [0.1, 0.15) is 5.75 Å². The highest BCUT2D eigenvalue weighted by molar-refractivity contribution is 6.33. The predicted octanol–water partition coefficient (Wildman–Crippen LogP) is 2.41. The van der Waals surface area contributed by atoms with Crippen LogP contribution in [-0.4, -0.2) is 18.5 Å². The van der Waals surface area contributed by atoms with Gasteiger partial charge in [0, 0.05) is 0 Å². The van der Waals surface area contributed by atoms with Crippen LogP contribution in [-0.2, 0) is 0 Å². The van der Waals surface area contributed by atoms with E-state index in [0.717, 1.165) is 0 Å². The maximum Gasteiger partial charge on any atom is 0.235 e. The topological polar surface area (TPSA) is 26.3 Å². The van der Waals surface area contributed by atoms with E-state index in [1.807, 2.05) is 0 Å². The van der Waals surface area contributed by atoms with Crippen LogP contribution in [0, 0.1) is 0 Å². The molecule has 0 fully saturated rings. The van der Waals surface area contributed by atoms with Crippen molar-refractivity contribution in [3.8, 4) is 5.75 Å². The molecule has 1 unspecified atom stereocenters. The second-order valence-corrected chi connectivity index (χ2v) is 2.75. The second-order valence-electron chi connectivity index (χ2n) is 2.37. The van der Waals surface area contributed by atoms with Gasteiger partial charge < -0.3 is 4.74 Å². The van der Waals surface area contributed by atoms with Crippen molar-refractivity contribution < 1.29 is 13.9 Å². The number of hydrogen-bond donors (Lipinski definition) is 0. The van der Waals surface area contributed by atoms with E-state index in [0.29, 0.717) is 5.75 Å². The highest BCUT2D eigenvalue weighted by Gasteiger charge is 2.19. The smallest absolute Gasteiger partial charge is 0.235 e. The van der Waals surface area contributed by atoms with E-state index in [1.165, 1.54) is 13.2 Å². The average molecular weight is 203 g/mol. The fraction of sp³-hybridized carbons (Fsp3) is 0.222. The number of rotatable bonds is 3. The molecule has 0 spiro atoms. The van der Waals surface area contributed by atoms with Crippen LogP contribution in [0.4, 0.5) is 4.39 Å². The van der Waals surface area contributed by atoms with Crippen molar-refractivity contribution in [2.24, 2.45) is 0 Å².